The second-order valence-corrected chi connectivity index (χ2v) is 7.90. The highest BCUT2D eigenvalue weighted by molar-refractivity contribution is 7.92. The molecule has 0 fully saturated rings. The first-order valence-corrected chi connectivity index (χ1v) is 8.48. The average Bonchev–Trinajstić information content (AvgIpc) is 2.39. The molecule has 0 saturated heterocycles. The Hall–Kier alpha value is -1.47. The summed E-state index contributed by atoms with van der Waals surface area (Å²) in [6.07, 6.45) is 1.44. The minimum Gasteiger partial charge on any atom is -0.330 e. The van der Waals surface area contributed by atoms with Crippen molar-refractivity contribution >= 4 is 21.4 Å². The summed E-state index contributed by atoms with van der Waals surface area (Å²) < 4.78 is 35.9. The molecule has 1 amide bonds. The molecule has 0 aliphatic heterocycles. The number of nitrogens with two attached hydrogens (primary N) is 1. The molecule has 7 heteroatoms. The monoisotopic (exact) mass is 316 g/mol. The lowest BCUT2D eigenvalue weighted by molar-refractivity contribution is -0.120. The molecule has 0 unspecified atom stereocenters. The summed E-state index contributed by atoms with van der Waals surface area (Å²) in [7, 11) is -3.64. The Morgan fingerprint density at radius 2 is 1.90 bits per heavy atom. The number of nitrogens with zero attached hydrogens (tertiary/aromatic N) is 1. The number of sulfone groups is 1. The van der Waals surface area contributed by atoms with Crippen LogP contribution < -0.4 is 10.6 Å². The molecule has 118 valence electrons. The number of benzene rings is 1. The van der Waals surface area contributed by atoms with Gasteiger partial charge in [0.2, 0.25) is 5.91 Å². The Morgan fingerprint density at radius 1 is 1.33 bits per heavy atom. The van der Waals surface area contributed by atoms with Crippen LogP contribution in [0.2, 0.25) is 0 Å². The Labute approximate surface area is 124 Å². The summed E-state index contributed by atoms with van der Waals surface area (Å²) >= 11 is 0. The molecule has 0 heterocycles. The van der Waals surface area contributed by atoms with Gasteiger partial charge in [0.1, 0.15) is 10.6 Å². The summed E-state index contributed by atoms with van der Waals surface area (Å²) in [6.45, 7) is 3.12. The molecular formula is C14H21FN2O3S. The lowest BCUT2D eigenvalue weighted by Crippen LogP contribution is -2.50. The molecule has 1 rings (SSSR count). The fourth-order valence-electron chi connectivity index (χ4n) is 1.74. The number of rotatable bonds is 6. The second-order valence-electron chi connectivity index (χ2n) is 5.33. The number of hydrogen-bond acceptors (Lipinski definition) is 4. The highest BCUT2D eigenvalue weighted by Crippen LogP contribution is 2.25. The number of anilines is 1. The number of amides is 1. The van der Waals surface area contributed by atoms with Crippen LogP contribution in [0.4, 0.5) is 10.1 Å². The second kappa shape index (κ2) is 6.53. The molecule has 1 aromatic carbocycles. The van der Waals surface area contributed by atoms with Crippen molar-refractivity contribution in [2.45, 2.75) is 25.0 Å². The van der Waals surface area contributed by atoms with Crippen molar-refractivity contribution < 1.29 is 17.6 Å². The molecule has 0 bridgehead atoms. The molecule has 0 atom stereocenters. The first kappa shape index (κ1) is 17.6. The zero-order valence-electron chi connectivity index (χ0n) is 12.5. The molecule has 21 heavy (non-hydrogen) atoms. The minimum atomic E-state index is -3.64. The number of carbonyl (C=O) groups is 1. The summed E-state index contributed by atoms with van der Waals surface area (Å²) in [4.78, 5) is 13.8. The van der Waals surface area contributed by atoms with E-state index >= 15 is 0 Å². The third kappa shape index (κ3) is 3.79. The van der Waals surface area contributed by atoms with E-state index in [0.717, 1.165) is 11.2 Å². The van der Waals surface area contributed by atoms with E-state index in [-0.39, 0.29) is 12.2 Å². The topological polar surface area (TPSA) is 80.5 Å². The van der Waals surface area contributed by atoms with Crippen molar-refractivity contribution in [2.75, 3.05) is 24.2 Å². The van der Waals surface area contributed by atoms with E-state index in [1.165, 1.54) is 32.0 Å². The van der Waals surface area contributed by atoms with Gasteiger partial charge < -0.3 is 10.6 Å². The maximum absolute atomic E-state index is 13.9. The molecule has 5 nitrogen and oxygen atoms in total. The molecular weight excluding hydrogens is 295 g/mol. The van der Waals surface area contributed by atoms with Gasteiger partial charge >= 0.3 is 0 Å². The van der Waals surface area contributed by atoms with Crippen molar-refractivity contribution in [3.63, 3.8) is 0 Å². The van der Waals surface area contributed by atoms with E-state index in [1.807, 2.05) is 0 Å². The van der Waals surface area contributed by atoms with Crippen molar-refractivity contribution in [1.82, 2.24) is 0 Å². The molecule has 1 aromatic rings. The van der Waals surface area contributed by atoms with E-state index in [9.17, 15) is 17.6 Å². The molecule has 0 radical (unpaired) electrons. The van der Waals surface area contributed by atoms with Gasteiger partial charge in [0, 0.05) is 12.8 Å². The van der Waals surface area contributed by atoms with Crippen LogP contribution in [0.25, 0.3) is 0 Å². The number of halogens is 1. The van der Waals surface area contributed by atoms with E-state index < -0.39 is 26.3 Å². The molecule has 2 N–H and O–H groups in total. The van der Waals surface area contributed by atoms with Crippen LogP contribution in [0.3, 0.4) is 0 Å². The summed E-state index contributed by atoms with van der Waals surface area (Å²) in [6, 6.07) is 5.77. The Balaban J connectivity index is 3.27. The predicted octanol–water partition coefficient (Wildman–Crippen LogP) is 1.33. The Kier molecular flexibility index (Phi) is 5.47. The molecule has 0 aromatic heterocycles. The lowest BCUT2D eigenvalue weighted by Gasteiger charge is -2.31. The van der Waals surface area contributed by atoms with Crippen molar-refractivity contribution in [3.05, 3.63) is 30.1 Å². The highest BCUT2D eigenvalue weighted by atomic mass is 32.2. The molecule has 0 aliphatic rings. The van der Waals surface area contributed by atoms with Gasteiger partial charge in [0.15, 0.2) is 9.84 Å². The van der Waals surface area contributed by atoms with E-state index in [4.69, 9.17) is 5.73 Å². The predicted molar refractivity (Wildman–Crippen MR) is 81.3 cm³/mol. The molecule has 0 aliphatic carbocycles. The summed E-state index contributed by atoms with van der Waals surface area (Å²) in [5.74, 6) is -1.24. The standard InChI is InChI=1S/C14H21FN2O3S/c1-14(2,21(3,19)20)13(18)17(10-6-9-16)12-8-5-4-7-11(12)15/h4-5,7-8H,6,9-10,16H2,1-3H3. The third-order valence-corrected chi connectivity index (χ3v) is 5.44. The fourth-order valence-corrected chi connectivity index (χ4v) is 2.16. The van der Waals surface area contributed by atoms with E-state index in [0.29, 0.717) is 13.0 Å². The van der Waals surface area contributed by atoms with Gasteiger partial charge in [-0.2, -0.15) is 0 Å². The van der Waals surface area contributed by atoms with Gasteiger partial charge in [-0.25, -0.2) is 12.8 Å². The van der Waals surface area contributed by atoms with Crippen LogP contribution in [0.1, 0.15) is 20.3 Å². The number of hydrogen-bond donors (Lipinski definition) is 1. The van der Waals surface area contributed by atoms with Crippen molar-refractivity contribution in [1.29, 1.82) is 0 Å². The summed E-state index contributed by atoms with van der Waals surface area (Å²) in [5.41, 5.74) is 5.50. The Bertz CT molecular complexity index is 614. The summed E-state index contributed by atoms with van der Waals surface area (Å²) in [5, 5.41) is 0. The van der Waals surface area contributed by atoms with Crippen LogP contribution in [0.15, 0.2) is 24.3 Å². The largest absolute Gasteiger partial charge is 0.330 e. The molecule has 0 spiro atoms. The maximum Gasteiger partial charge on any atom is 0.247 e. The van der Waals surface area contributed by atoms with E-state index in [1.54, 1.807) is 6.07 Å². The first-order valence-electron chi connectivity index (χ1n) is 6.59. The average molecular weight is 316 g/mol. The Morgan fingerprint density at radius 3 is 2.38 bits per heavy atom. The lowest BCUT2D eigenvalue weighted by atomic mass is 10.1. The maximum atomic E-state index is 13.9. The number of carbonyl (C=O) groups excluding carboxylic acids is 1. The van der Waals surface area contributed by atoms with Crippen LogP contribution in [-0.2, 0) is 14.6 Å². The van der Waals surface area contributed by atoms with Crippen molar-refractivity contribution in [3.8, 4) is 0 Å². The van der Waals surface area contributed by atoms with Crippen LogP contribution in [-0.4, -0.2) is 38.4 Å². The van der Waals surface area contributed by atoms with Gasteiger partial charge in [-0.3, -0.25) is 4.79 Å². The van der Waals surface area contributed by atoms with Crippen LogP contribution in [0.5, 0.6) is 0 Å². The zero-order chi connectivity index (χ0) is 16.3. The minimum absolute atomic E-state index is 0.0627. The smallest absolute Gasteiger partial charge is 0.247 e. The SMILES string of the molecule is CC(C)(C(=O)N(CCCN)c1ccccc1F)S(C)(=O)=O. The van der Waals surface area contributed by atoms with Crippen molar-refractivity contribution in [2.24, 2.45) is 5.73 Å². The first-order chi connectivity index (χ1) is 9.63. The highest BCUT2D eigenvalue weighted by Gasteiger charge is 2.42. The van der Waals surface area contributed by atoms with Gasteiger partial charge in [-0.05, 0) is 38.9 Å². The van der Waals surface area contributed by atoms with Crippen LogP contribution in [0, 0.1) is 5.82 Å². The quantitative estimate of drug-likeness (QED) is 0.858. The number of para-hydroxylation sites is 1. The van der Waals surface area contributed by atoms with E-state index in [2.05, 4.69) is 0 Å². The fraction of sp³-hybridized carbons (Fsp3) is 0.500. The van der Waals surface area contributed by atoms with Gasteiger partial charge in [-0.1, -0.05) is 12.1 Å². The molecule has 0 saturated carbocycles. The third-order valence-electron chi connectivity index (χ3n) is 3.42. The zero-order valence-corrected chi connectivity index (χ0v) is 13.3. The van der Waals surface area contributed by atoms with Gasteiger partial charge in [-0.15, -0.1) is 0 Å². The normalized spacial score (nSPS) is 12.2. The van der Waals surface area contributed by atoms with Gasteiger partial charge in [0.25, 0.3) is 0 Å². The van der Waals surface area contributed by atoms with Gasteiger partial charge in [0.05, 0.1) is 5.69 Å². The van der Waals surface area contributed by atoms with Crippen LogP contribution >= 0.6 is 0 Å².